The first kappa shape index (κ1) is 25.0. The Labute approximate surface area is 212 Å². The van der Waals surface area contributed by atoms with E-state index in [0.29, 0.717) is 5.91 Å². The second-order valence-corrected chi connectivity index (χ2v) is 9.37. The van der Waals surface area contributed by atoms with Gasteiger partial charge in [-0.3, -0.25) is 9.79 Å². The number of nitrogens with zero attached hydrogens (tertiary/aromatic N) is 3. The number of amides is 1. The third kappa shape index (κ3) is 6.66. The summed E-state index contributed by atoms with van der Waals surface area (Å²) in [5.41, 5.74) is 2.26. The molecule has 32 heavy (non-hydrogen) atoms. The van der Waals surface area contributed by atoms with Crippen molar-refractivity contribution in [2.24, 2.45) is 10.9 Å². The molecule has 2 aromatic rings. The molecular weight excluding hydrogens is 533 g/mol. The van der Waals surface area contributed by atoms with Gasteiger partial charge in [-0.2, -0.15) is 0 Å². The highest BCUT2D eigenvalue weighted by Crippen LogP contribution is 2.27. The van der Waals surface area contributed by atoms with Crippen LogP contribution in [-0.2, 0) is 11.2 Å². The zero-order chi connectivity index (χ0) is 21.5. The van der Waals surface area contributed by atoms with Gasteiger partial charge in [0.05, 0.1) is 5.69 Å². The molecule has 1 saturated carbocycles. The summed E-state index contributed by atoms with van der Waals surface area (Å²) in [5, 5.41) is 10.1. The van der Waals surface area contributed by atoms with E-state index in [1.165, 1.54) is 19.3 Å². The molecule has 1 aliphatic carbocycles. The standard InChI is InChI=1S/C24H33N5OS.HI/c1-25-24(26-14-12-21-17-31-22(27-21)18-8-4-2-5-9-18)28-20-13-15-29(16-20)23(30)19-10-6-3-7-11-19;/h2,4-5,8-9,17,19-20H,3,6-7,10-16H2,1H3,(H2,25,26,28);1H. The van der Waals surface area contributed by atoms with Crippen LogP contribution in [0.4, 0.5) is 0 Å². The molecule has 0 radical (unpaired) electrons. The predicted octanol–water partition coefficient (Wildman–Crippen LogP) is 4.32. The van der Waals surface area contributed by atoms with Crippen LogP contribution in [0.25, 0.3) is 10.6 Å². The van der Waals surface area contributed by atoms with Crippen molar-refractivity contribution in [3.05, 3.63) is 41.4 Å². The number of hydrogen-bond donors (Lipinski definition) is 2. The van der Waals surface area contributed by atoms with Gasteiger partial charge in [-0.1, -0.05) is 49.6 Å². The molecule has 2 heterocycles. The van der Waals surface area contributed by atoms with Crippen molar-refractivity contribution in [1.82, 2.24) is 20.5 Å². The molecule has 1 atom stereocenters. The van der Waals surface area contributed by atoms with Gasteiger partial charge in [-0.05, 0) is 19.3 Å². The molecule has 1 aromatic heterocycles. The lowest BCUT2D eigenvalue weighted by atomic mass is 9.88. The summed E-state index contributed by atoms with van der Waals surface area (Å²) in [6.07, 6.45) is 7.65. The first-order chi connectivity index (χ1) is 15.2. The molecule has 1 unspecified atom stereocenters. The number of benzene rings is 1. The maximum absolute atomic E-state index is 12.8. The topological polar surface area (TPSA) is 69.6 Å². The SMILES string of the molecule is CN=C(NCCc1csc(-c2ccccc2)n1)NC1CCN(C(=O)C2CCCCC2)C1.I. The van der Waals surface area contributed by atoms with Gasteiger partial charge in [-0.25, -0.2) is 4.98 Å². The smallest absolute Gasteiger partial charge is 0.225 e. The van der Waals surface area contributed by atoms with Crippen LogP contribution in [0.15, 0.2) is 40.7 Å². The van der Waals surface area contributed by atoms with Gasteiger partial charge in [0.15, 0.2) is 5.96 Å². The third-order valence-corrected chi connectivity index (χ3v) is 7.21. The van der Waals surface area contributed by atoms with E-state index in [0.717, 1.165) is 67.5 Å². The summed E-state index contributed by atoms with van der Waals surface area (Å²) < 4.78 is 0. The maximum Gasteiger partial charge on any atom is 0.225 e. The monoisotopic (exact) mass is 567 g/mol. The average Bonchev–Trinajstić information content (AvgIpc) is 3.49. The number of carbonyl (C=O) groups is 1. The van der Waals surface area contributed by atoms with E-state index in [-0.39, 0.29) is 35.9 Å². The minimum Gasteiger partial charge on any atom is -0.356 e. The van der Waals surface area contributed by atoms with Crippen LogP contribution in [0, 0.1) is 5.92 Å². The molecule has 1 amide bonds. The van der Waals surface area contributed by atoms with Gasteiger partial charge in [0, 0.05) is 56.0 Å². The molecule has 174 valence electrons. The number of nitrogens with one attached hydrogen (secondary N) is 2. The van der Waals surface area contributed by atoms with E-state index in [2.05, 4.69) is 38.0 Å². The minimum atomic E-state index is 0. The van der Waals surface area contributed by atoms with Crippen molar-refractivity contribution >= 4 is 47.2 Å². The van der Waals surface area contributed by atoms with Crippen LogP contribution in [0.1, 0.15) is 44.2 Å². The number of carbonyl (C=O) groups excluding carboxylic acids is 1. The molecule has 2 N–H and O–H groups in total. The molecule has 0 bridgehead atoms. The number of hydrogen-bond acceptors (Lipinski definition) is 4. The Morgan fingerprint density at radius 1 is 1.19 bits per heavy atom. The molecule has 1 aromatic carbocycles. The summed E-state index contributed by atoms with van der Waals surface area (Å²) in [4.78, 5) is 24.0. The molecule has 8 heteroatoms. The van der Waals surface area contributed by atoms with E-state index in [1.807, 2.05) is 18.2 Å². The summed E-state index contributed by atoms with van der Waals surface area (Å²) in [5.74, 6) is 1.42. The Balaban J connectivity index is 0.00000289. The Bertz CT molecular complexity index is 882. The molecule has 1 saturated heterocycles. The van der Waals surface area contributed by atoms with Gasteiger partial charge in [-0.15, -0.1) is 35.3 Å². The van der Waals surface area contributed by atoms with Crippen LogP contribution in [0.2, 0.25) is 0 Å². The van der Waals surface area contributed by atoms with E-state index in [9.17, 15) is 4.79 Å². The Kier molecular flexibility index (Phi) is 9.77. The summed E-state index contributed by atoms with van der Waals surface area (Å²) >= 11 is 1.69. The molecule has 1 aliphatic heterocycles. The van der Waals surface area contributed by atoms with Crippen LogP contribution in [0.5, 0.6) is 0 Å². The largest absolute Gasteiger partial charge is 0.356 e. The van der Waals surface area contributed by atoms with E-state index in [1.54, 1.807) is 18.4 Å². The van der Waals surface area contributed by atoms with E-state index < -0.39 is 0 Å². The number of guanidine groups is 1. The molecule has 0 spiro atoms. The van der Waals surface area contributed by atoms with Gasteiger partial charge in [0.1, 0.15) is 5.01 Å². The van der Waals surface area contributed by atoms with Crippen molar-refractivity contribution in [3.63, 3.8) is 0 Å². The second kappa shape index (κ2) is 12.5. The molecular formula is C24H34IN5OS. The van der Waals surface area contributed by atoms with Crippen molar-refractivity contribution in [2.75, 3.05) is 26.7 Å². The van der Waals surface area contributed by atoms with Gasteiger partial charge >= 0.3 is 0 Å². The van der Waals surface area contributed by atoms with Crippen molar-refractivity contribution in [3.8, 4) is 10.6 Å². The fourth-order valence-electron chi connectivity index (χ4n) is 4.52. The van der Waals surface area contributed by atoms with Crippen molar-refractivity contribution < 1.29 is 4.79 Å². The highest BCUT2D eigenvalue weighted by molar-refractivity contribution is 14.0. The van der Waals surface area contributed by atoms with E-state index >= 15 is 0 Å². The second-order valence-electron chi connectivity index (χ2n) is 8.51. The highest BCUT2D eigenvalue weighted by Gasteiger charge is 2.31. The fraction of sp³-hybridized carbons (Fsp3) is 0.542. The van der Waals surface area contributed by atoms with Gasteiger partial charge < -0.3 is 15.5 Å². The Hall–Kier alpha value is -1.68. The summed E-state index contributed by atoms with van der Waals surface area (Å²) in [6, 6.07) is 10.6. The first-order valence-corrected chi connectivity index (χ1v) is 12.4. The van der Waals surface area contributed by atoms with Gasteiger partial charge in [0.25, 0.3) is 0 Å². The normalized spacial score (nSPS) is 19.5. The van der Waals surface area contributed by atoms with Crippen LogP contribution >= 0.6 is 35.3 Å². The number of likely N-dealkylation sites (tertiary alicyclic amines) is 1. The van der Waals surface area contributed by atoms with E-state index in [4.69, 9.17) is 4.98 Å². The zero-order valence-electron chi connectivity index (χ0n) is 18.8. The maximum atomic E-state index is 12.8. The minimum absolute atomic E-state index is 0. The number of thiazole rings is 1. The first-order valence-electron chi connectivity index (χ1n) is 11.5. The Morgan fingerprint density at radius 2 is 1.97 bits per heavy atom. The molecule has 6 nitrogen and oxygen atoms in total. The predicted molar refractivity (Wildman–Crippen MR) is 143 cm³/mol. The lowest BCUT2D eigenvalue weighted by molar-refractivity contribution is -0.135. The average molecular weight is 568 g/mol. The zero-order valence-corrected chi connectivity index (χ0v) is 21.9. The van der Waals surface area contributed by atoms with Crippen LogP contribution in [0.3, 0.4) is 0 Å². The molecule has 4 rings (SSSR count). The lowest BCUT2D eigenvalue weighted by Crippen LogP contribution is -2.46. The van der Waals surface area contributed by atoms with Crippen LogP contribution in [-0.4, -0.2) is 54.5 Å². The third-order valence-electron chi connectivity index (χ3n) is 6.26. The Morgan fingerprint density at radius 3 is 2.72 bits per heavy atom. The van der Waals surface area contributed by atoms with Crippen molar-refractivity contribution in [1.29, 1.82) is 0 Å². The number of aliphatic imine (C=N–C) groups is 1. The number of aromatic nitrogens is 1. The van der Waals surface area contributed by atoms with Crippen LogP contribution < -0.4 is 10.6 Å². The molecule has 2 fully saturated rings. The number of rotatable bonds is 6. The van der Waals surface area contributed by atoms with Crippen molar-refractivity contribution in [2.45, 2.75) is 51.0 Å². The highest BCUT2D eigenvalue weighted by atomic mass is 127. The van der Waals surface area contributed by atoms with Gasteiger partial charge in [0.2, 0.25) is 5.91 Å². The quantitative estimate of drug-likeness (QED) is 0.310. The lowest BCUT2D eigenvalue weighted by Gasteiger charge is -2.26. The molecule has 2 aliphatic rings. The summed E-state index contributed by atoms with van der Waals surface area (Å²) in [6.45, 7) is 2.41. The summed E-state index contributed by atoms with van der Waals surface area (Å²) in [7, 11) is 1.80. The fourth-order valence-corrected chi connectivity index (χ4v) is 5.38. The number of halogens is 1.